The Hall–Kier alpha value is -7.56. The van der Waals surface area contributed by atoms with Gasteiger partial charge in [0, 0.05) is 61.4 Å². The average molecular weight is 845 g/mol. The van der Waals surface area contributed by atoms with Crippen LogP contribution in [0.2, 0.25) is 0 Å². The van der Waals surface area contributed by atoms with E-state index < -0.39 is 0 Å². The standard InChI is InChI=1S/C57H44N4.2C2H6/c1-2-6-22-52-46(16-4-1)48-18-8-12-24-54(48)59(52)43-34-28-40(29-35-43)58(42-32-38-45(39-33-42)61-56-26-14-10-20-50(56)51-21-11-15-27-57(51)61)41-30-36-44(37-31-41)60-53-23-7-3-5-17-47(53)49-19-9-13-25-55(49)60;2*1-2/h1-2,6-15,18-39H,3-5,16-17H2;2*1-2H3/b2-1-,22-6-;;. The molecule has 0 saturated carbocycles. The molecule has 0 spiro atoms. The smallest absolute Gasteiger partial charge is 0.0541 e. The topological polar surface area (TPSA) is 18.0 Å². The number of hydrogen-bond acceptors (Lipinski definition) is 1. The second-order valence-electron chi connectivity index (χ2n) is 16.3. The predicted molar refractivity (Wildman–Crippen MR) is 280 cm³/mol. The number of nitrogens with zero attached hydrogens (tertiary/aromatic N) is 4. The first-order valence-corrected chi connectivity index (χ1v) is 23.6. The van der Waals surface area contributed by atoms with Gasteiger partial charge in [0.2, 0.25) is 0 Å². The third-order valence-electron chi connectivity index (χ3n) is 12.9. The number of anilines is 3. The maximum absolute atomic E-state index is 2.45. The number of fused-ring (bicyclic) bond motifs is 9. The molecular formula is C61H56N4. The van der Waals surface area contributed by atoms with Crippen LogP contribution >= 0.6 is 0 Å². The van der Waals surface area contributed by atoms with Crippen LogP contribution in [0, 0.1) is 0 Å². The minimum atomic E-state index is 1.02. The number of allylic oxidation sites excluding steroid dienone is 4. The van der Waals surface area contributed by atoms with E-state index in [0.29, 0.717) is 0 Å². The Morgan fingerprint density at radius 3 is 1.25 bits per heavy atom. The molecule has 65 heavy (non-hydrogen) atoms. The minimum Gasteiger partial charge on any atom is -0.310 e. The lowest BCUT2D eigenvalue weighted by Crippen LogP contribution is -2.11. The van der Waals surface area contributed by atoms with Gasteiger partial charge in [-0.2, -0.15) is 0 Å². The van der Waals surface area contributed by atoms with Crippen LogP contribution in [0.5, 0.6) is 0 Å². The molecule has 0 fully saturated rings. The van der Waals surface area contributed by atoms with Gasteiger partial charge in [0.15, 0.2) is 0 Å². The maximum Gasteiger partial charge on any atom is 0.0541 e. The van der Waals surface area contributed by atoms with E-state index in [-0.39, 0.29) is 0 Å². The van der Waals surface area contributed by atoms with E-state index in [0.717, 1.165) is 54.1 Å². The van der Waals surface area contributed by atoms with Crippen molar-refractivity contribution >= 4 is 72.8 Å². The van der Waals surface area contributed by atoms with Gasteiger partial charge in [0.25, 0.3) is 0 Å². The molecule has 0 radical (unpaired) electrons. The number of hydrogen-bond donors (Lipinski definition) is 0. The van der Waals surface area contributed by atoms with Gasteiger partial charge in [-0.3, -0.25) is 0 Å². The fraction of sp³-hybridized carbons (Fsp3) is 0.148. The third-order valence-corrected chi connectivity index (χ3v) is 12.9. The van der Waals surface area contributed by atoms with Crippen LogP contribution in [-0.4, -0.2) is 13.7 Å². The molecule has 0 N–H and O–H groups in total. The van der Waals surface area contributed by atoms with Crippen LogP contribution in [0.15, 0.2) is 194 Å². The molecule has 3 aromatic heterocycles. The molecule has 0 aliphatic heterocycles. The van der Waals surface area contributed by atoms with Gasteiger partial charge in [0.1, 0.15) is 0 Å². The Labute approximate surface area is 383 Å². The zero-order valence-electron chi connectivity index (χ0n) is 38.0. The zero-order chi connectivity index (χ0) is 44.3. The van der Waals surface area contributed by atoms with E-state index in [1.54, 1.807) is 0 Å². The van der Waals surface area contributed by atoms with Crippen molar-refractivity contribution in [3.8, 4) is 17.1 Å². The Balaban J connectivity index is 0.00000121. The summed E-state index contributed by atoms with van der Waals surface area (Å²) in [5, 5.41) is 5.21. The number of benzene rings is 7. The van der Waals surface area contributed by atoms with Gasteiger partial charge in [-0.15, -0.1) is 0 Å². The number of para-hydroxylation sites is 4. The molecule has 0 unspecified atom stereocenters. The van der Waals surface area contributed by atoms with Crippen molar-refractivity contribution in [3.63, 3.8) is 0 Å². The Morgan fingerprint density at radius 1 is 0.354 bits per heavy atom. The first kappa shape index (κ1) is 41.5. The van der Waals surface area contributed by atoms with Gasteiger partial charge in [-0.05, 0) is 152 Å². The van der Waals surface area contributed by atoms with E-state index in [1.165, 1.54) is 78.2 Å². The highest BCUT2D eigenvalue weighted by Gasteiger charge is 2.21. The lowest BCUT2D eigenvalue weighted by atomic mass is 10.0. The summed E-state index contributed by atoms with van der Waals surface area (Å²) in [7, 11) is 0. The third kappa shape index (κ3) is 7.29. The Bertz CT molecular complexity index is 3310. The molecule has 0 amide bonds. The molecular weight excluding hydrogens is 789 g/mol. The monoisotopic (exact) mass is 844 g/mol. The van der Waals surface area contributed by atoms with Crippen molar-refractivity contribution in [2.75, 3.05) is 4.90 Å². The van der Waals surface area contributed by atoms with E-state index in [4.69, 9.17) is 0 Å². The van der Waals surface area contributed by atoms with Gasteiger partial charge in [-0.1, -0.05) is 125 Å². The van der Waals surface area contributed by atoms with Crippen molar-refractivity contribution in [1.82, 2.24) is 13.7 Å². The molecule has 0 atom stereocenters. The molecule has 2 aliphatic rings. The highest BCUT2D eigenvalue weighted by Crippen LogP contribution is 2.40. The number of aryl methyl sites for hydroxylation is 2. The van der Waals surface area contributed by atoms with Gasteiger partial charge in [-0.25, -0.2) is 0 Å². The fourth-order valence-corrected chi connectivity index (χ4v) is 10.1. The van der Waals surface area contributed by atoms with Gasteiger partial charge >= 0.3 is 0 Å². The van der Waals surface area contributed by atoms with Gasteiger partial charge in [0.05, 0.1) is 27.8 Å². The molecule has 2 aliphatic carbocycles. The molecule has 0 saturated heterocycles. The summed E-state index contributed by atoms with van der Waals surface area (Å²) < 4.78 is 7.27. The normalized spacial score (nSPS) is 14.0. The van der Waals surface area contributed by atoms with Crippen LogP contribution in [0.25, 0.3) is 72.8 Å². The van der Waals surface area contributed by atoms with Crippen molar-refractivity contribution in [2.24, 2.45) is 0 Å². The van der Waals surface area contributed by atoms with E-state index in [1.807, 2.05) is 27.7 Å². The molecule has 4 heteroatoms. The van der Waals surface area contributed by atoms with E-state index >= 15 is 0 Å². The largest absolute Gasteiger partial charge is 0.310 e. The zero-order valence-corrected chi connectivity index (χ0v) is 38.0. The van der Waals surface area contributed by atoms with Crippen LogP contribution in [0.3, 0.4) is 0 Å². The van der Waals surface area contributed by atoms with Crippen molar-refractivity contribution in [2.45, 2.75) is 59.8 Å². The van der Waals surface area contributed by atoms with Crippen LogP contribution in [-0.2, 0) is 12.8 Å². The quantitative estimate of drug-likeness (QED) is 0.163. The second-order valence-corrected chi connectivity index (χ2v) is 16.3. The first-order valence-electron chi connectivity index (χ1n) is 23.6. The summed E-state index contributed by atoms with van der Waals surface area (Å²) >= 11 is 0. The average Bonchev–Trinajstić information content (AvgIpc) is 3.89. The summed E-state index contributed by atoms with van der Waals surface area (Å²) in [4.78, 5) is 2.39. The molecule has 7 aromatic carbocycles. The van der Waals surface area contributed by atoms with Crippen molar-refractivity contribution in [3.05, 3.63) is 217 Å². The summed E-state index contributed by atoms with van der Waals surface area (Å²) in [6.07, 6.45) is 19.0. The first-order chi connectivity index (χ1) is 32.3. The predicted octanol–water partition coefficient (Wildman–Crippen LogP) is 17.1. The highest BCUT2D eigenvalue weighted by molar-refractivity contribution is 6.09. The summed E-state index contributed by atoms with van der Waals surface area (Å²) in [5.41, 5.74) is 17.1. The minimum absolute atomic E-state index is 1.02. The molecule has 3 heterocycles. The molecule has 4 nitrogen and oxygen atoms in total. The van der Waals surface area contributed by atoms with E-state index in [9.17, 15) is 0 Å². The number of rotatable bonds is 6. The number of aromatic nitrogens is 3. The summed E-state index contributed by atoms with van der Waals surface area (Å²) in [5.74, 6) is 0. The molecule has 320 valence electrons. The lowest BCUT2D eigenvalue weighted by Gasteiger charge is -2.26. The molecule has 0 bridgehead atoms. The van der Waals surface area contributed by atoms with Crippen LogP contribution < -0.4 is 4.90 Å². The van der Waals surface area contributed by atoms with Crippen LogP contribution in [0.1, 0.15) is 69.5 Å². The van der Waals surface area contributed by atoms with Crippen molar-refractivity contribution in [1.29, 1.82) is 0 Å². The van der Waals surface area contributed by atoms with Crippen molar-refractivity contribution < 1.29 is 0 Å². The lowest BCUT2D eigenvalue weighted by molar-refractivity contribution is 0.854. The summed E-state index contributed by atoms with van der Waals surface area (Å²) in [6, 6.07) is 62.5. The van der Waals surface area contributed by atoms with Crippen LogP contribution in [0.4, 0.5) is 17.1 Å². The van der Waals surface area contributed by atoms with Gasteiger partial charge < -0.3 is 18.6 Å². The Morgan fingerprint density at radius 2 is 0.754 bits per heavy atom. The summed E-state index contributed by atoms with van der Waals surface area (Å²) in [6.45, 7) is 8.00. The second kappa shape index (κ2) is 18.3. The van der Waals surface area contributed by atoms with E-state index in [2.05, 4.69) is 225 Å². The highest BCUT2D eigenvalue weighted by atomic mass is 15.1. The SMILES string of the molecule is C1=Cc2c(c3ccccc3n2-c2ccc(N(c3ccc(-n4c5c(c6ccccc64)CC/C=C\C=C/5)cc3)c3ccc(-n4c5ccccc5c5ccccc54)cc3)cc2)CCC1.CC.CC. The fourth-order valence-electron chi connectivity index (χ4n) is 10.1. The molecule has 10 aromatic rings. The maximum atomic E-state index is 2.45. The molecule has 12 rings (SSSR count). The Kier molecular flexibility index (Phi) is 11.7.